The molecule has 162 valence electrons. The maximum absolute atomic E-state index is 13.3. The van der Waals surface area contributed by atoms with Gasteiger partial charge in [-0.25, -0.2) is 0 Å². The molecule has 7 nitrogen and oxygen atoms in total. The number of benzene rings is 2. The molecule has 1 amide bonds. The van der Waals surface area contributed by atoms with Gasteiger partial charge in [0.1, 0.15) is 5.75 Å². The van der Waals surface area contributed by atoms with E-state index in [1.54, 1.807) is 61.0 Å². The van der Waals surface area contributed by atoms with Crippen molar-refractivity contribution in [2.75, 3.05) is 13.9 Å². The van der Waals surface area contributed by atoms with Crippen molar-refractivity contribution < 1.29 is 28.9 Å². The van der Waals surface area contributed by atoms with E-state index in [-0.39, 0.29) is 24.7 Å². The van der Waals surface area contributed by atoms with Gasteiger partial charge in [0.15, 0.2) is 17.3 Å². The molecule has 0 spiro atoms. The van der Waals surface area contributed by atoms with Gasteiger partial charge in [0, 0.05) is 6.54 Å². The van der Waals surface area contributed by atoms with Gasteiger partial charge in [-0.2, -0.15) is 0 Å². The maximum atomic E-state index is 13.3. The summed E-state index contributed by atoms with van der Waals surface area (Å²) >= 11 is 1.27. The Labute approximate surface area is 188 Å². The lowest BCUT2D eigenvalue weighted by Crippen LogP contribution is -2.30. The number of amides is 1. The molecule has 0 fully saturated rings. The number of hydrogen-bond acceptors (Lipinski definition) is 7. The number of methoxy groups -OCH3 is 1. The number of aliphatic hydroxyl groups is 1. The van der Waals surface area contributed by atoms with Crippen molar-refractivity contribution in [3.63, 3.8) is 0 Å². The van der Waals surface area contributed by atoms with E-state index in [0.29, 0.717) is 27.7 Å². The van der Waals surface area contributed by atoms with Crippen LogP contribution in [0.4, 0.5) is 0 Å². The minimum absolute atomic E-state index is 0.0726. The molecule has 0 aliphatic carbocycles. The Kier molecular flexibility index (Phi) is 5.07. The Morgan fingerprint density at radius 2 is 1.94 bits per heavy atom. The first-order valence-corrected chi connectivity index (χ1v) is 10.8. The number of aliphatic hydroxyl groups excluding tert-OH is 1. The first kappa shape index (κ1) is 20.1. The predicted molar refractivity (Wildman–Crippen MR) is 117 cm³/mol. The number of carbonyl (C=O) groups is 2. The molecular formula is C24H19NO6S. The summed E-state index contributed by atoms with van der Waals surface area (Å²) in [5.74, 6) is 0.415. The van der Waals surface area contributed by atoms with Crippen LogP contribution in [0, 0.1) is 0 Å². The van der Waals surface area contributed by atoms with Crippen molar-refractivity contribution in [1.82, 2.24) is 4.90 Å². The zero-order valence-corrected chi connectivity index (χ0v) is 17.9. The molecule has 1 atom stereocenters. The molecule has 2 aliphatic rings. The quantitative estimate of drug-likeness (QED) is 0.566. The fourth-order valence-electron chi connectivity index (χ4n) is 3.96. The molecule has 0 saturated carbocycles. The molecule has 3 aromatic rings. The van der Waals surface area contributed by atoms with Gasteiger partial charge in [-0.1, -0.05) is 24.3 Å². The van der Waals surface area contributed by atoms with Crippen LogP contribution < -0.4 is 14.2 Å². The van der Waals surface area contributed by atoms with Crippen LogP contribution in [0.15, 0.2) is 71.3 Å². The lowest BCUT2D eigenvalue weighted by atomic mass is 9.95. The summed E-state index contributed by atoms with van der Waals surface area (Å²) in [6.45, 7) is 0.329. The highest BCUT2D eigenvalue weighted by Gasteiger charge is 2.44. The number of hydrogen-bond donors (Lipinski definition) is 1. The monoisotopic (exact) mass is 449 g/mol. The van der Waals surface area contributed by atoms with Gasteiger partial charge in [0.05, 0.1) is 23.6 Å². The number of nitrogens with zero attached hydrogens (tertiary/aromatic N) is 1. The maximum Gasteiger partial charge on any atom is 0.290 e. The van der Waals surface area contributed by atoms with Crippen molar-refractivity contribution in [3.8, 4) is 17.2 Å². The lowest BCUT2D eigenvalue weighted by Gasteiger charge is -2.27. The number of Topliss-reactive ketones (excluding diaryl/α,β-unsaturated/α-hetero) is 1. The molecule has 1 aromatic heterocycles. The highest BCUT2D eigenvalue weighted by atomic mass is 32.1. The largest absolute Gasteiger partial charge is 0.503 e. The molecule has 0 radical (unpaired) electrons. The molecule has 2 aliphatic heterocycles. The van der Waals surface area contributed by atoms with E-state index in [9.17, 15) is 14.7 Å². The standard InChI is InChI=1S/C24H19NO6S/c1-29-16-7-5-15(6-8-16)21-20(22(26)19-3-2-10-32-19)23(27)24(28)25(21)12-14-4-9-17-18(11-14)31-13-30-17/h2-11,21,27H,12-13H2,1H3. The molecule has 1 unspecified atom stereocenters. The van der Waals surface area contributed by atoms with E-state index in [1.807, 2.05) is 6.07 Å². The number of ether oxygens (including phenoxy) is 3. The molecule has 2 aromatic carbocycles. The SMILES string of the molecule is COc1ccc(C2C(C(=O)c3cccs3)=C(O)C(=O)N2Cc2ccc3c(c2)OCO3)cc1. The summed E-state index contributed by atoms with van der Waals surface area (Å²) < 4.78 is 16.0. The number of rotatable bonds is 6. The van der Waals surface area contributed by atoms with Gasteiger partial charge in [0.2, 0.25) is 12.6 Å². The second-order valence-corrected chi connectivity index (χ2v) is 8.31. The third-order valence-corrected chi connectivity index (χ3v) is 6.38. The van der Waals surface area contributed by atoms with Crippen LogP contribution in [0.1, 0.15) is 26.8 Å². The van der Waals surface area contributed by atoms with Crippen LogP contribution in [-0.4, -0.2) is 35.6 Å². The zero-order chi connectivity index (χ0) is 22.2. The van der Waals surface area contributed by atoms with E-state index >= 15 is 0 Å². The second-order valence-electron chi connectivity index (χ2n) is 7.37. The fourth-order valence-corrected chi connectivity index (χ4v) is 4.64. The normalized spacial score (nSPS) is 17.2. The van der Waals surface area contributed by atoms with Crippen molar-refractivity contribution in [3.05, 3.63) is 87.3 Å². The Morgan fingerprint density at radius 1 is 1.16 bits per heavy atom. The van der Waals surface area contributed by atoms with Crippen molar-refractivity contribution >= 4 is 23.0 Å². The average molecular weight is 449 g/mol. The van der Waals surface area contributed by atoms with Crippen LogP contribution in [0.25, 0.3) is 0 Å². The summed E-state index contributed by atoms with van der Waals surface area (Å²) in [4.78, 5) is 28.4. The van der Waals surface area contributed by atoms with Crippen LogP contribution in [0.2, 0.25) is 0 Å². The summed E-state index contributed by atoms with van der Waals surface area (Å²) in [5, 5.41) is 12.6. The Morgan fingerprint density at radius 3 is 2.66 bits per heavy atom. The minimum atomic E-state index is -0.742. The fraction of sp³-hybridized carbons (Fsp3) is 0.167. The smallest absolute Gasteiger partial charge is 0.290 e. The summed E-state index contributed by atoms with van der Waals surface area (Å²) in [6, 6.07) is 15.2. The zero-order valence-electron chi connectivity index (χ0n) is 17.1. The van der Waals surface area contributed by atoms with Gasteiger partial charge < -0.3 is 24.2 Å². The summed E-state index contributed by atoms with van der Waals surface area (Å²) in [6.07, 6.45) is 0. The van der Waals surface area contributed by atoms with E-state index in [0.717, 1.165) is 5.56 Å². The van der Waals surface area contributed by atoms with E-state index in [1.165, 1.54) is 16.2 Å². The van der Waals surface area contributed by atoms with Crippen molar-refractivity contribution in [1.29, 1.82) is 0 Å². The molecule has 1 N–H and O–H groups in total. The molecule has 0 saturated heterocycles. The van der Waals surface area contributed by atoms with Crippen LogP contribution in [-0.2, 0) is 11.3 Å². The molecule has 3 heterocycles. The molecule has 32 heavy (non-hydrogen) atoms. The third-order valence-electron chi connectivity index (χ3n) is 5.51. The van der Waals surface area contributed by atoms with Crippen molar-refractivity contribution in [2.24, 2.45) is 0 Å². The van der Waals surface area contributed by atoms with Gasteiger partial charge in [0.25, 0.3) is 5.91 Å². The summed E-state index contributed by atoms with van der Waals surface area (Å²) in [7, 11) is 1.57. The number of fused-ring (bicyclic) bond motifs is 1. The number of carbonyl (C=O) groups excluding carboxylic acids is 2. The van der Waals surface area contributed by atoms with Crippen LogP contribution in [0.3, 0.4) is 0 Å². The van der Waals surface area contributed by atoms with Crippen molar-refractivity contribution in [2.45, 2.75) is 12.6 Å². The van der Waals surface area contributed by atoms with Gasteiger partial charge in [-0.3, -0.25) is 9.59 Å². The van der Waals surface area contributed by atoms with Crippen LogP contribution >= 0.6 is 11.3 Å². The number of thiophene rings is 1. The second kappa shape index (κ2) is 8.05. The van der Waals surface area contributed by atoms with Gasteiger partial charge in [-0.15, -0.1) is 11.3 Å². The number of ketones is 1. The third kappa shape index (κ3) is 3.38. The van der Waals surface area contributed by atoms with E-state index in [2.05, 4.69) is 0 Å². The first-order valence-electron chi connectivity index (χ1n) is 9.91. The van der Waals surface area contributed by atoms with E-state index in [4.69, 9.17) is 14.2 Å². The Balaban J connectivity index is 1.55. The highest BCUT2D eigenvalue weighted by molar-refractivity contribution is 7.12. The van der Waals surface area contributed by atoms with E-state index < -0.39 is 17.7 Å². The molecular weight excluding hydrogens is 430 g/mol. The first-order chi connectivity index (χ1) is 15.6. The summed E-state index contributed by atoms with van der Waals surface area (Å²) in [5.41, 5.74) is 1.56. The van der Waals surface area contributed by atoms with Gasteiger partial charge in [-0.05, 0) is 46.8 Å². The Bertz CT molecular complexity index is 1220. The molecule has 0 bridgehead atoms. The molecule has 5 rings (SSSR count). The molecule has 8 heteroatoms. The predicted octanol–water partition coefficient (Wildman–Crippen LogP) is 4.26. The average Bonchev–Trinajstić information content (AvgIpc) is 3.56. The van der Waals surface area contributed by atoms with Gasteiger partial charge >= 0.3 is 0 Å². The lowest BCUT2D eigenvalue weighted by molar-refractivity contribution is -0.130. The van der Waals surface area contributed by atoms with Crippen LogP contribution in [0.5, 0.6) is 17.2 Å². The Hall–Kier alpha value is -3.78. The topological polar surface area (TPSA) is 85.3 Å². The minimum Gasteiger partial charge on any atom is -0.503 e. The highest BCUT2D eigenvalue weighted by Crippen LogP contribution is 2.41.